The van der Waals surface area contributed by atoms with Gasteiger partial charge in [0.25, 0.3) is 0 Å². The van der Waals surface area contributed by atoms with Crippen LogP contribution in [0.4, 0.5) is 4.79 Å². The number of nitrogens with zero attached hydrogens (tertiary/aromatic N) is 1. The van der Waals surface area contributed by atoms with Crippen LogP contribution in [0.1, 0.15) is 26.2 Å². The molecule has 82 valence electrons. The third kappa shape index (κ3) is 2.87. The van der Waals surface area contributed by atoms with Crippen LogP contribution in [0.2, 0.25) is 0 Å². The van der Waals surface area contributed by atoms with E-state index >= 15 is 0 Å². The van der Waals surface area contributed by atoms with Crippen molar-refractivity contribution < 1.29 is 9.53 Å². The van der Waals surface area contributed by atoms with Gasteiger partial charge >= 0.3 is 6.09 Å². The molecule has 1 aliphatic rings. The summed E-state index contributed by atoms with van der Waals surface area (Å²) >= 11 is 0. The first-order valence-corrected chi connectivity index (χ1v) is 5.35. The van der Waals surface area contributed by atoms with Crippen molar-refractivity contribution in [3.05, 3.63) is 0 Å². The maximum atomic E-state index is 11.5. The largest absolute Gasteiger partial charge is 0.453 e. The van der Waals surface area contributed by atoms with Crippen LogP contribution in [0.15, 0.2) is 0 Å². The Labute approximate surface area is 85.6 Å². The van der Waals surface area contributed by atoms with Gasteiger partial charge in [-0.1, -0.05) is 6.92 Å². The van der Waals surface area contributed by atoms with Crippen LogP contribution in [0.5, 0.6) is 0 Å². The topological polar surface area (TPSA) is 41.6 Å². The van der Waals surface area contributed by atoms with E-state index in [1.54, 1.807) is 0 Å². The fourth-order valence-corrected chi connectivity index (χ4v) is 1.90. The monoisotopic (exact) mass is 200 g/mol. The highest BCUT2D eigenvalue weighted by Gasteiger charge is 2.24. The molecule has 1 saturated heterocycles. The van der Waals surface area contributed by atoms with Gasteiger partial charge in [-0.25, -0.2) is 4.79 Å². The van der Waals surface area contributed by atoms with E-state index in [9.17, 15) is 4.79 Å². The van der Waals surface area contributed by atoms with Gasteiger partial charge in [-0.15, -0.1) is 0 Å². The van der Waals surface area contributed by atoms with Crippen LogP contribution in [0.25, 0.3) is 0 Å². The van der Waals surface area contributed by atoms with Crippen LogP contribution >= 0.6 is 0 Å². The van der Waals surface area contributed by atoms with Crippen molar-refractivity contribution >= 4 is 6.09 Å². The van der Waals surface area contributed by atoms with Gasteiger partial charge in [0.2, 0.25) is 0 Å². The molecule has 1 fully saturated rings. The molecule has 1 N–H and O–H groups in total. The Morgan fingerprint density at radius 2 is 2.14 bits per heavy atom. The maximum Gasteiger partial charge on any atom is 0.409 e. The molecule has 0 radical (unpaired) electrons. The fraction of sp³-hybridized carbons (Fsp3) is 0.900. The molecule has 1 heterocycles. The first-order valence-electron chi connectivity index (χ1n) is 5.35. The van der Waals surface area contributed by atoms with Gasteiger partial charge in [0.05, 0.1) is 7.11 Å². The smallest absolute Gasteiger partial charge is 0.409 e. The fourth-order valence-electron chi connectivity index (χ4n) is 1.90. The summed E-state index contributed by atoms with van der Waals surface area (Å²) in [5.41, 5.74) is 0. The molecule has 0 aromatic carbocycles. The van der Waals surface area contributed by atoms with E-state index in [-0.39, 0.29) is 6.09 Å². The van der Waals surface area contributed by atoms with Crippen molar-refractivity contribution in [2.24, 2.45) is 0 Å². The Kier molecular flexibility index (Phi) is 4.73. The summed E-state index contributed by atoms with van der Waals surface area (Å²) in [6.07, 6.45) is 2.88. The highest BCUT2D eigenvalue weighted by atomic mass is 16.5. The predicted molar refractivity (Wildman–Crippen MR) is 55.3 cm³/mol. The number of nitrogens with one attached hydrogen (secondary N) is 1. The van der Waals surface area contributed by atoms with Crippen molar-refractivity contribution in [3.63, 3.8) is 0 Å². The minimum atomic E-state index is -0.182. The van der Waals surface area contributed by atoms with Gasteiger partial charge < -0.3 is 15.0 Å². The number of methoxy groups -OCH3 is 1. The van der Waals surface area contributed by atoms with Gasteiger partial charge in [-0.2, -0.15) is 0 Å². The average molecular weight is 200 g/mol. The Balaban J connectivity index is 2.50. The van der Waals surface area contributed by atoms with Crippen LogP contribution in [-0.2, 0) is 4.74 Å². The molecule has 0 saturated carbocycles. The zero-order valence-electron chi connectivity index (χ0n) is 9.08. The Hall–Kier alpha value is -0.770. The second-order valence-electron chi connectivity index (χ2n) is 3.64. The zero-order chi connectivity index (χ0) is 10.4. The molecule has 1 amide bonds. The molecule has 0 unspecified atom stereocenters. The number of hydrogen-bond donors (Lipinski definition) is 1. The normalized spacial score (nSPS) is 17.9. The van der Waals surface area contributed by atoms with E-state index in [4.69, 9.17) is 4.74 Å². The van der Waals surface area contributed by atoms with Crippen LogP contribution in [0.3, 0.4) is 0 Å². The summed E-state index contributed by atoms with van der Waals surface area (Å²) in [6.45, 7) is 4.89. The van der Waals surface area contributed by atoms with Crippen LogP contribution in [0, 0.1) is 0 Å². The average Bonchev–Trinajstić information content (AvgIpc) is 2.26. The molecule has 1 rings (SSSR count). The lowest BCUT2D eigenvalue weighted by Gasteiger charge is -2.33. The number of hydrogen-bond acceptors (Lipinski definition) is 3. The second kappa shape index (κ2) is 5.86. The molecule has 0 aliphatic carbocycles. The van der Waals surface area contributed by atoms with Crippen molar-refractivity contribution in [1.82, 2.24) is 10.2 Å². The number of piperidine rings is 1. The van der Waals surface area contributed by atoms with Crippen molar-refractivity contribution in [1.29, 1.82) is 0 Å². The lowest BCUT2D eigenvalue weighted by atomic mass is 10.1. The molecule has 0 atom stereocenters. The van der Waals surface area contributed by atoms with Gasteiger partial charge in [0.15, 0.2) is 0 Å². The van der Waals surface area contributed by atoms with Gasteiger partial charge in [0.1, 0.15) is 0 Å². The van der Waals surface area contributed by atoms with Gasteiger partial charge in [0, 0.05) is 12.6 Å². The third-order valence-electron chi connectivity index (χ3n) is 2.62. The first kappa shape index (κ1) is 11.3. The SMILES string of the molecule is CCCN(C(=O)OC)C1CCNCC1. The number of ether oxygens (including phenoxy) is 1. The summed E-state index contributed by atoms with van der Waals surface area (Å²) < 4.78 is 4.78. The molecular formula is C10H20N2O2. The summed E-state index contributed by atoms with van der Waals surface area (Å²) in [5, 5.41) is 3.29. The number of amides is 1. The number of carbonyl (C=O) groups is 1. The van der Waals surface area contributed by atoms with Crippen molar-refractivity contribution in [2.75, 3.05) is 26.7 Å². The van der Waals surface area contributed by atoms with Gasteiger partial charge in [-0.3, -0.25) is 0 Å². The van der Waals surface area contributed by atoms with E-state index in [0.717, 1.165) is 38.9 Å². The van der Waals surface area contributed by atoms with E-state index in [1.165, 1.54) is 7.11 Å². The quantitative estimate of drug-likeness (QED) is 0.744. The predicted octanol–water partition coefficient (Wildman–Crippen LogP) is 1.22. The Morgan fingerprint density at radius 3 is 2.64 bits per heavy atom. The summed E-state index contributed by atoms with van der Waals surface area (Å²) in [7, 11) is 1.45. The van der Waals surface area contributed by atoms with Gasteiger partial charge in [-0.05, 0) is 32.4 Å². The molecule has 0 aromatic heterocycles. The molecule has 0 spiro atoms. The molecule has 4 nitrogen and oxygen atoms in total. The minimum Gasteiger partial charge on any atom is -0.453 e. The first-order chi connectivity index (χ1) is 6.79. The molecule has 1 aliphatic heterocycles. The Morgan fingerprint density at radius 1 is 1.50 bits per heavy atom. The maximum absolute atomic E-state index is 11.5. The molecule has 0 bridgehead atoms. The van der Waals surface area contributed by atoms with Crippen molar-refractivity contribution in [3.8, 4) is 0 Å². The molecule has 4 heteroatoms. The standard InChI is InChI=1S/C10H20N2O2/c1-3-8-12(10(13)14-2)9-4-6-11-7-5-9/h9,11H,3-8H2,1-2H3. The number of rotatable bonds is 3. The summed E-state index contributed by atoms with van der Waals surface area (Å²) in [6, 6.07) is 0.364. The van der Waals surface area contributed by atoms with Crippen LogP contribution in [-0.4, -0.2) is 43.8 Å². The lowest BCUT2D eigenvalue weighted by molar-refractivity contribution is 0.0957. The highest BCUT2D eigenvalue weighted by Crippen LogP contribution is 2.13. The van der Waals surface area contributed by atoms with Crippen molar-refractivity contribution in [2.45, 2.75) is 32.2 Å². The lowest BCUT2D eigenvalue weighted by Crippen LogP contribution is -2.46. The second-order valence-corrected chi connectivity index (χ2v) is 3.64. The molecular weight excluding hydrogens is 180 g/mol. The molecule has 14 heavy (non-hydrogen) atoms. The van der Waals surface area contributed by atoms with E-state index < -0.39 is 0 Å². The molecule has 0 aromatic rings. The summed E-state index contributed by atoms with van der Waals surface area (Å²) in [4.78, 5) is 13.3. The summed E-state index contributed by atoms with van der Waals surface area (Å²) in [5.74, 6) is 0. The Bertz CT molecular complexity index is 179. The third-order valence-corrected chi connectivity index (χ3v) is 2.62. The van der Waals surface area contributed by atoms with E-state index in [2.05, 4.69) is 12.2 Å². The minimum absolute atomic E-state index is 0.182. The zero-order valence-corrected chi connectivity index (χ0v) is 9.08. The van der Waals surface area contributed by atoms with Crippen LogP contribution < -0.4 is 5.32 Å². The van der Waals surface area contributed by atoms with E-state index in [1.807, 2.05) is 4.90 Å². The highest BCUT2D eigenvalue weighted by molar-refractivity contribution is 5.67. The van der Waals surface area contributed by atoms with E-state index in [0.29, 0.717) is 6.04 Å². The number of carbonyl (C=O) groups excluding carboxylic acids is 1.